The number of benzene rings is 1. The maximum atomic E-state index is 3.66. The molecule has 0 amide bonds. The Morgan fingerprint density at radius 3 is 2.47 bits per heavy atom. The monoisotopic (exact) mass is 257 g/mol. The molecule has 1 saturated carbocycles. The van der Waals surface area contributed by atoms with Crippen molar-refractivity contribution in [1.82, 2.24) is 5.32 Å². The first-order valence-electron chi connectivity index (χ1n) is 7.81. The van der Waals surface area contributed by atoms with Crippen molar-refractivity contribution in [3.63, 3.8) is 0 Å². The molecule has 1 heteroatoms. The third kappa shape index (κ3) is 5.20. The van der Waals surface area contributed by atoms with Gasteiger partial charge in [-0.3, -0.25) is 0 Å². The standard InChI is InChI=1S/C18H27N/c1-16(18-13-7-2-3-8-14-18)19-15-9-12-17-10-5-4-6-11-17/h4-6,9-12,16,18-19H,2-3,7-8,13-15H2,1H3/b12-9+/t16-/m0/s1. The highest BCUT2D eigenvalue weighted by Crippen LogP contribution is 2.25. The molecule has 1 fully saturated rings. The molecule has 0 radical (unpaired) electrons. The fraction of sp³-hybridized carbons (Fsp3) is 0.556. The number of hydrogen-bond donors (Lipinski definition) is 1. The van der Waals surface area contributed by atoms with E-state index in [4.69, 9.17) is 0 Å². The molecule has 0 bridgehead atoms. The van der Waals surface area contributed by atoms with Gasteiger partial charge in [-0.1, -0.05) is 68.2 Å². The van der Waals surface area contributed by atoms with Crippen molar-refractivity contribution in [2.24, 2.45) is 5.92 Å². The molecule has 1 aliphatic carbocycles. The second-order valence-electron chi connectivity index (χ2n) is 5.76. The van der Waals surface area contributed by atoms with Crippen LogP contribution >= 0.6 is 0 Å². The van der Waals surface area contributed by atoms with E-state index in [1.165, 1.54) is 44.1 Å². The lowest BCUT2D eigenvalue weighted by atomic mass is 9.93. The quantitative estimate of drug-likeness (QED) is 0.757. The zero-order valence-corrected chi connectivity index (χ0v) is 12.1. The van der Waals surface area contributed by atoms with Gasteiger partial charge in [0, 0.05) is 12.6 Å². The van der Waals surface area contributed by atoms with Crippen LogP contribution in [0.4, 0.5) is 0 Å². The first-order chi connectivity index (χ1) is 9.36. The van der Waals surface area contributed by atoms with Gasteiger partial charge in [0.15, 0.2) is 0 Å². The summed E-state index contributed by atoms with van der Waals surface area (Å²) in [5.41, 5.74) is 1.28. The first-order valence-corrected chi connectivity index (χ1v) is 7.81. The Hall–Kier alpha value is -1.08. The van der Waals surface area contributed by atoms with Crippen LogP contribution in [-0.4, -0.2) is 12.6 Å². The van der Waals surface area contributed by atoms with Gasteiger partial charge in [0.25, 0.3) is 0 Å². The molecule has 0 unspecified atom stereocenters. The Bertz CT molecular complexity index is 361. The fourth-order valence-corrected chi connectivity index (χ4v) is 2.99. The molecular weight excluding hydrogens is 230 g/mol. The van der Waals surface area contributed by atoms with Gasteiger partial charge < -0.3 is 5.32 Å². The van der Waals surface area contributed by atoms with Gasteiger partial charge >= 0.3 is 0 Å². The highest BCUT2D eigenvalue weighted by molar-refractivity contribution is 5.48. The molecule has 1 aliphatic rings. The van der Waals surface area contributed by atoms with Crippen molar-refractivity contribution in [1.29, 1.82) is 0 Å². The zero-order chi connectivity index (χ0) is 13.3. The molecule has 0 saturated heterocycles. The second kappa shape index (κ2) is 8.16. The van der Waals surface area contributed by atoms with Gasteiger partial charge in [-0.2, -0.15) is 0 Å². The molecule has 1 aromatic rings. The largest absolute Gasteiger partial charge is 0.311 e. The summed E-state index contributed by atoms with van der Waals surface area (Å²) in [6, 6.07) is 11.2. The molecular formula is C18H27N. The highest BCUT2D eigenvalue weighted by atomic mass is 14.9. The van der Waals surface area contributed by atoms with E-state index in [-0.39, 0.29) is 0 Å². The van der Waals surface area contributed by atoms with Crippen LogP contribution in [0.3, 0.4) is 0 Å². The summed E-state index contributed by atoms with van der Waals surface area (Å²) in [5.74, 6) is 0.882. The third-order valence-corrected chi connectivity index (χ3v) is 4.27. The maximum absolute atomic E-state index is 3.66. The van der Waals surface area contributed by atoms with Crippen LogP contribution in [0.1, 0.15) is 51.0 Å². The minimum atomic E-state index is 0.651. The van der Waals surface area contributed by atoms with E-state index in [1.54, 1.807) is 0 Å². The van der Waals surface area contributed by atoms with Crippen LogP contribution < -0.4 is 5.32 Å². The molecule has 2 rings (SSSR count). The normalized spacial score (nSPS) is 19.4. The van der Waals surface area contributed by atoms with Gasteiger partial charge in [-0.25, -0.2) is 0 Å². The van der Waals surface area contributed by atoms with E-state index < -0.39 is 0 Å². The Balaban J connectivity index is 1.71. The molecule has 0 aromatic heterocycles. The van der Waals surface area contributed by atoms with E-state index in [0.717, 1.165) is 12.5 Å². The lowest BCUT2D eigenvalue weighted by Crippen LogP contribution is -2.33. The Labute approximate surface area is 118 Å². The molecule has 0 heterocycles. The van der Waals surface area contributed by atoms with Crippen LogP contribution in [0.25, 0.3) is 6.08 Å². The smallest absolute Gasteiger partial charge is 0.0140 e. The van der Waals surface area contributed by atoms with Gasteiger partial charge in [0.05, 0.1) is 0 Å². The predicted molar refractivity (Wildman–Crippen MR) is 84.1 cm³/mol. The van der Waals surface area contributed by atoms with Crippen LogP contribution in [0.2, 0.25) is 0 Å². The number of nitrogens with one attached hydrogen (secondary N) is 1. The Kier molecular flexibility index (Phi) is 6.16. The molecule has 0 spiro atoms. The van der Waals surface area contributed by atoms with Crippen LogP contribution in [0, 0.1) is 5.92 Å². The molecule has 1 nitrogen and oxygen atoms in total. The van der Waals surface area contributed by atoms with Crippen LogP contribution in [0.5, 0.6) is 0 Å². The van der Waals surface area contributed by atoms with Crippen molar-refractivity contribution in [2.45, 2.75) is 51.5 Å². The molecule has 19 heavy (non-hydrogen) atoms. The van der Waals surface area contributed by atoms with Gasteiger partial charge in [0.1, 0.15) is 0 Å². The van der Waals surface area contributed by atoms with Crippen molar-refractivity contribution in [3.8, 4) is 0 Å². The summed E-state index contributed by atoms with van der Waals surface area (Å²) in [4.78, 5) is 0. The average Bonchev–Trinajstić information content (AvgIpc) is 2.73. The molecule has 104 valence electrons. The molecule has 1 N–H and O–H groups in total. The Morgan fingerprint density at radius 2 is 1.79 bits per heavy atom. The van der Waals surface area contributed by atoms with E-state index in [0.29, 0.717) is 6.04 Å². The van der Waals surface area contributed by atoms with Crippen LogP contribution in [0.15, 0.2) is 36.4 Å². The van der Waals surface area contributed by atoms with Gasteiger partial charge in [-0.15, -0.1) is 0 Å². The van der Waals surface area contributed by atoms with Crippen molar-refractivity contribution in [2.75, 3.05) is 6.54 Å². The number of rotatable bonds is 5. The highest BCUT2D eigenvalue weighted by Gasteiger charge is 2.17. The summed E-state index contributed by atoms with van der Waals surface area (Å²) in [7, 11) is 0. The minimum Gasteiger partial charge on any atom is -0.311 e. The minimum absolute atomic E-state index is 0.651. The first kappa shape index (κ1) is 14.3. The van der Waals surface area contributed by atoms with Crippen molar-refractivity contribution >= 4 is 6.08 Å². The molecule has 0 aliphatic heterocycles. The van der Waals surface area contributed by atoms with Crippen molar-refractivity contribution in [3.05, 3.63) is 42.0 Å². The van der Waals surface area contributed by atoms with Crippen molar-refractivity contribution < 1.29 is 0 Å². The fourth-order valence-electron chi connectivity index (χ4n) is 2.99. The lowest BCUT2D eigenvalue weighted by Gasteiger charge is -2.23. The third-order valence-electron chi connectivity index (χ3n) is 4.27. The average molecular weight is 257 g/mol. The molecule has 1 atom stereocenters. The van der Waals surface area contributed by atoms with E-state index >= 15 is 0 Å². The van der Waals surface area contributed by atoms with Crippen LogP contribution in [-0.2, 0) is 0 Å². The van der Waals surface area contributed by atoms with E-state index in [2.05, 4.69) is 54.7 Å². The topological polar surface area (TPSA) is 12.0 Å². The number of hydrogen-bond acceptors (Lipinski definition) is 1. The summed E-state index contributed by atoms with van der Waals surface area (Å²) < 4.78 is 0. The summed E-state index contributed by atoms with van der Waals surface area (Å²) in [6.45, 7) is 3.33. The SMILES string of the molecule is C[C@H](NC/C=C/c1ccccc1)C1CCCCCC1. The van der Waals surface area contributed by atoms with Gasteiger partial charge in [-0.05, 0) is 31.2 Å². The maximum Gasteiger partial charge on any atom is 0.0140 e. The Morgan fingerprint density at radius 1 is 1.11 bits per heavy atom. The van der Waals surface area contributed by atoms with E-state index in [9.17, 15) is 0 Å². The summed E-state index contributed by atoms with van der Waals surface area (Å²) in [6.07, 6.45) is 13.0. The summed E-state index contributed by atoms with van der Waals surface area (Å²) in [5, 5.41) is 3.66. The predicted octanol–water partition coefficient (Wildman–Crippen LogP) is 4.65. The molecule has 1 aromatic carbocycles. The summed E-state index contributed by atoms with van der Waals surface area (Å²) >= 11 is 0. The second-order valence-corrected chi connectivity index (χ2v) is 5.76. The van der Waals surface area contributed by atoms with Gasteiger partial charge in [0.2, 0.25) is 0 Å². The zero-order valence-electron chi connectivity index (χ0n) is 12.1. The van der Waals surface area contributed by atoms with E-state index in [1.807, 2.05) is 0 Å². The lowest BCUT2D eigenvalue weighted by molar-refractivity contribution is 0.347.